The maximum atomic E-state index is 15.1. The predicted molar refractivity (Wildman–Crippen MR) is 325 cm³/mol. The first-order chi connectivity index (χ1) is 42.1. The average molecular weight is 1210 g/mol. The fourth-order valence-electron chi connectivity index (χ4n) is 9.95. The summed E-state index contributed by atoms with van der Waals surface area (Å²) in [5.74, 6) is -9.70. The largest absolute Gasteiger partial charge is 0.508 e. The van der Waals surface area contributed by atoms with E-state index in [9.17, 15) is 48.6 Å². The second-order valence-corrected chi connectivity index (χ2v) is 22.1. The molecule has 7 rings (SSSR count). The Morgan fingerprint density at radius 3 is 2.02 bits per heavy atom. The van der Waals surface area contributed by atoms with Gasteiger partial charge in [0.15, 0.2) is 0 Å². The first-order valence-electron chi connectivity index (χ1n) is 29.0. The van der Waals surface area contributed by atoms with Crippen LogP contribution in [-0.2, 0) is 73.8 Å². The number of para-hydroxylation sites is 1. The minimum Gasteiger partial charge on any atom is -0.508 e. The molecule has 2 heterocycles. The molecule has 1 aliphatic rings. The Morgan fingerprint density at radius 1 is 0.682 bits per heavy atom. The van der Waals surface area contributed by atoms with E-state index in [1.165, 1.54) is 31.2 Å². The van der Waals surface area contributed by atoms with E-state index in [1.807, 2.05) is 48.5 Å². The van der Waals surface area contributed by atoms with E-state index in [-0.39, 0.29) is 57.4 Å². The van der Waals surface area contributed by atoms with Crippen LogP contribution in [0.25, 0.3) is 21.7 Å². The van der Waals surface area contributed by atoms with Gasteiger partial charge in [-0.15, -0.1) is 0 Å². The van der Waals surface area contributed by atoms with Crippen molar-refractivity contribution in [3.05, 3.63) is 150 Å². The van der Waals surface area contributed by atoms with Crippen LogP contribution in [0.15, 0.2) is 128 Å². The van der Waals surface area contributed by atoms with Crippen molar-refractivity contribution in [2.45, 2.75) is 127 Å². The van der Waals surface area contributed by atoms with Gasteiger partial charge in [0.2, 0.25) is 53.2 Å². The Labute approximate surface area is 507 Å². The minimum atomic E-state index is -1.80. The quantitative estimate of drug-likeness (QED) is 0.0473. The lowest BCUT2D eigenvalue weighted by atomic mass is 9.99. The number of H-pyrrole nitrogens is 1. The number of aromatic hydroxyl groups is 1. The van der Waals surface area contributed by atoms with Gasteiger partial charge in [0, 0.05) is 43.0 Å². The van der Waals surface area contributed by atoms with Crippen LogP contribution < -0.4 is 59.3 Å². The number of hydrogen-bond donors (Lipinski definition) is 14. The van der Waals surface area contributed by atoms with Crippen LogP contribution in [-0.4, -0.2) is 142 Å². The maximum absolute atomic E-state index is 15.1. The van der Waals surface area contributed by atoms with E-state index in [1.54, 1.807) is 68.6 Å². The first kappa shape index (κ1) is 65.7. The highest BCUT2D eigenvalue weighted by Gasteiger charge is 2.37. The van der Waals surface area contributed by atoms with E-state index in [4.69, 9.17) is 16.2 Å². The number of carbonyl (C=O) groups is 10. The number of rotatable bonds is 20. The van der Waals surface area contributed by atoms with Crippen LogP contribution in [0.3, 0.4) is 0 Å². The molecule has 10 amide bonds. The highest BCUT2D eigenvalue weighted by molar-refractivity contribution is 6.00. The van der Waals surface area contributed by atoms with Gasteiger partial charge < -0.3 is 79.3 Å². The van der Waals surface area contributed by atoms with Crippen molar-refractivity contribution in [3.8, 4) is 5.75 Å². The third-order valence-electron chi connectivity index (χ3n) is 14.9. The van der Waals surface area contributed by atoms with E-state index < -0.39 is 133 Å². The van der Waals surface area contributed by atoms with E-state index in [2.05, 4.69) is 52.8 Å². The predicted octanol–water partition coefficient (Wildman–Crippen LogP) is 0.914. The molecule has 6 aromatic rings. The van der Waals surface area contributed by atoms with Gasteiger partial charge in [-0.2, -0.15) is 0 Å². The van der Waals surface area contributed by atoms with E-state index in [0.29, 0.717) is 27.6 Å². The van der Waals surface area contributed by atoms with Crippen LogP contribution in [0.5, 0.6) is 5.75 Å². The van der Waals surface area contributed by atoms with Gasteiger partial charge in [-0.1, -0.05) is 117 Å². The number of fused-ring (bicyclic) bond motifs is 2. The normalized spacial score (nSPS) is 20.2. The van der Waals surface area contributed by atoms with Gasteiger partial charge in [0.25, 0.3) is 0 Å². The number of amides is 10. The summed E-state index contributed by atoms with van der Waals surface area (Å²) in [5.41, 5.74) is 15.1. The number of unbranched alkanes of at least 4 members (excludes halogenated alkanes) is 1. The molecule has 1 aromatic heterocycles. The zero-order valence-electron chi connectivity index (χ0n) is 49.0. The molecule has 0 spiro atoms. The summed E-state index contributed by atoms with van der Waals surface area (Å²) in [6, 6.07) is 22.4. The van der Waals surface area contributed by atoms with Gasteiger partial charge >= 0.3 is 6.09 Å². The number of aromatic nitrogens is 1. The molecule has 0 radical (unpaired) electrons. The van der Waals surface area contributed by atoms with Crippen molar-refractivity contribution in [1.82, 2.24) is 52.8 Å². The lowest BCUT2D eigenvalue weighted by Gasteiger charge is -2.30. The SMILES string of the molecule is CC(C)[C@@H]1NC(=O)[C@H](CCCCNC(=O)OCc2ccccc2)NC(=O)[C@@H](Cc2c[nH]c3ccccc23)NC(=O)[C@H](Cc2ccc(O)cc2)NC(=O)[C@@H](NC(=O)[C@H](N)Cc2ccc3ccccc3c2)CC(=O)NC[C@@H](C(=O)N[C@H](C(N)=O)[C@@H](C)O)NC1=O. The summed E-state index contributed by atoms with van der Waals surface area (Å²) in [5, 5.41) is 46.5. The number of ether oxygens (including phenoxy) is 1. The van der Waals surface area contributed by atoms with Gasteiger partial charge in [-0.3, -0.25) is 43.2 Å². The third kappa shape index (κ3) is 19.1. The molecule has 0 unspecified atom stereocenters. The summed E-state index contributed by atoms with van der Waals surface area (Å²) < 4.78 is 5.33. The van der Waals surface area contributed by atoms with Crippen molar-refractivity contribution in [1.29, 1.82) is 0 Å². The van der Waals surface area contributed by atoms with Gasteiger partial charge in [0.1, 0.15) is 54.6 Å². The molecular weight excluding hydrogens is 1130 g/mol. The number of benzene rings is 5. The molecule has 9 atom stereocenters. The number of aromatic amines is 1. The van der Waals surface area contributed by atoms with E-state index >= 15 is 9.59 Å². The topological polar surface area (TPSA) is 396 Å². The lowest BCUT2D eigenvalue weighted by molar-refractivity contribution is -0.137. The Hall–Kier alpha value is -9.88. The summed E-state index contributed by atoms with van der Waals surface area (Å²) in [6.07, 6.45) is -1.56. The van der Waals surface area contributed by atoms with Crippen LogP contribution in [0.1, 0.15) is 68.7 Å². The zero-order chi connectivity index (χ0) is 63.4. The Balaban J connectivity index is 1.24. The number of alkyl carbamates (subject to hydrolysis) is 1. The second-order valence-electron chi connectivity index (χ2n) is 22.1. The van der Waals surface area contributed by atoms with Gasteiger partial charge in [0.05, 0.1) is 18.6 Å². The third-order valence-corrected chi connectivity index (χ3v) is 14.9. The molecule has 25 nitrogen and oxygen atoms in total. The number of primary amides is 1. The molecule has 16 N–H and O–H groups in total. The summed E-state index contributed by atoms with van der Waals surface area (Å²) in [4.78, 5) is 145. The van der Waals surface area contributed by atoms with Crippen LogP contribution in [0, 0.1) is 5.92 Å². The summed E-state index contributed by atoms with van der Waals surface area (Å²) >= 11 is 0. The second kappa shape index (κ2) is 31.5. The highest BCUT2D eigenvalue weighted by atomic mass is 16.5. The molecule has 0 bridgehead atoms. The molecule has 25 heteroatoms. The fraction of sp³-hybridized carbons (Fsp3) is 0.365. The Morgan fingerprint density at radius 2 is 1.32 bits per heavy atom. The molecule has 0 saturated carbocycles. The molecule has 5 aromatic carbocycles. The lowest BCUT2D eigenvalue weighted by Crippen LogP contribution is -2.63. The zero-order valence-corrected chi connectivity index (χ0v) is 49.0. The van der Waals surface area contributed by atoms with Crippen molar-refractivity contribution in [3.63, 3.8) is 0 Å². The number of hydrogen-bond acceptors (Lipinski definition) is 14. The number of nitrogens with two attached hydrogens (primary N) is 2. The van der Waals surface area contributed by atoms with Gasteiger partial charge in [-0.25, -0.2) is 4.79 Å². The van der Waals surface area contributed by atoms with Crippen LogP contribution in [0.4, 0.5) is 4.79 Å². The molecule has 1 saturated heterocycles. The number of phenolic OH excluding ortho intramolecular Hbond substituents is 1. The van der Waals surface area contributed by atoms with Crippen LogP contribution >= 0.6 is 0 Å². The first-order valence-corrected chi connectivity index (χ1v) is 29.0. The van der Waals surface area contributed by atoms with Crippen LogP contribution in [0.2, 0.25) is 0 Å². The standard InChI is InChI=1S/C63H76N12O13/c1-35(2)53-62(86)73-51(61(85)75-54(36(3)76)55(65)79)33-68-52(78)31-50(70-56(80)45(64)28-39-20-23-40-15-7-8-16-41(40)27-39)60(84)71-48(29-37-21-24-43(77)25-22-37)58(82)72-49(30-42-32-67-46-18-10-9-17-44(42)46)59(83)69-47(57(81)74-53)19-11-12-26-66-63(87)88-34-38-13-5-4-6-14-38/h4-10,13-18,20-25,27,32,35-36,45,47-51,53-54,67,76-77H,11-12,19,26,28-31,33-34,64H2,1-3H3,(H2,65,79)(H,66,87)(H,68,78)(H,69,83)(H,70,80)(H,71,84)(H,72,82)(H,73,86)(H,74,81)(H,75,85)/t36-,45-,47+,48+,49-,50+,51+,53+,54+/m1/s1. The van der Waals surface area contributed by atoms with Crippen molar-refractivity contribution < 1.29 is 62.9 Å². The number of carbonyl (C=O) groups excluding carboxylic acids is 10. The molecule has 466 valence electrons. The van der Waals surface area contributed by atoms with E-state index in [0.717, 1.165) is 16.3 Å². The number of phenols is 1. The monoisotopic (exact) mass is 1210 g/mol. The molecular formula is C63H76N12O13. The summed E-state index contributed by atoms with van der Waals surface area (Å²) in [7, 11) is 0. The smallest absolute Gasteiger partial charge is 0.407 e. The Bertz CT molecular complexity index is 3450. The van der Waals surface area contributed by atoms with Crippen molar-refractivity contribution in [2.24, 2.45) is 17.4 Å². The van der Waals surface area contributed by atoms with Crippen molar-refractivity contribution in [2.75, 3.05) is 13.1 Å². The summed E-state index contributed by atoms with van der Waals surface area (Å²) in [6.45, 7) is 3.71. The van der Waals surface area contributed by atoms with Crippen molar-refractivity contribution >= 4 is 80.9 Å². The maximum Gasteiger partial charge on any atom is 0.407 e. The molecule has 0 aliphatic carbocycles. The number of aliphatic hydroxyl groups is 1. The average Bonchev–Trinajstić information content (AvgIpc) is 3.78. The number of aliphatic hydroxyl groups excluding tert-OH is 1. The Kier molecular flexibility index (Phi) is 23.5. The molecule has 1 fully saturated rings. The number of nitrogens with one attached hydrogen (secondary N) is 10. The molecule has 1 aliphatic heterocycles. The highest BCUT2D eigenvalue weighted by Crippen LogP contribution is 2.21. The fourth-order valence-corrected chi connectivity index (χ4v) is 9.95. The molecule has 88 heavy (non-hydrogen) atoms. The minimum absolute atomic E-state index is 0.0138. The van der Waals surface area contributed by atoms with Gasteiger partial charge in [-0.05, 0) is 89.8 Å².